The van der Waals surface area contributed by atoms with E-state index in [0.717, 1.165) is 0 Å². The van der Waals surface area contributed by atoms with Crippen LogP contribution in [0.5, 0.6) is 0 Å². The Morgan fingerprint density at radius 1 is 1.38 bits per heavy atom. The fourth-order valence-electron chi connectivity index (χ4n) is 0.240. The first kappa shape index (κ1) is 7.75. The first-order valence-corrected chi connectivity index (χ1v) is 2.26. The smallest absolute Gasteiger partial charge is 0.262 e. The standard InChI is InChI=1S/C4H8F3N/c5-2-1-4(6,7)3-8/h1-3,8H2. The molecular formula is C4H8F3N. The SMILES string of the molecule is NCC(F)(F)CCF. The molecule has 0 amide bonds. The molecule has 0 heterocycles. The van der Waals surface area contributed by atoms with Crippen molar-refractivity contribution in [3.05, 3.63) is 0 Å². The second-order valence-corrected chi connectivity index (χ2v) is 1.50. The minimum atomic E-state index is -3.01. The van der Waals surface area contributed by atoms with Gasteiger partial charge in [0.1, 0.15) is 0 Å². The van der Waals surface area contributed by atoms with Gasteiger partial charge in [0.15, 0.2) is 0 Å². The number of halogens is 3. The molecule has 0 radical (unpaired) electrons. The van der Waals surface area contributed by atoms with Gasteiger partial charge in [-0.25, -0.2) is 8.78 Å². The number of hydrogen-bond donors (Lipinski definition) is 1. The molecule has 4 heteroatoms. The highest BCUT2D eigenvalue weighted by atomic mass is 19.3. The summed E-state index contributed by atoms with van der Waals surface area (Å²) < 4.78 is 34.7. The zero-order chi connectivity index (χ0) is 6.62. The normalized spacial score (nSPS) is 12.0. The predicted molar refractivity (Wildman–Crippen MR) is 24.6 cm³/mol. The molecule has 1 nitrogen and oxygen atoms in total. The van der Waals surface area contributed by atoms with E-state index in [0.29, 0.717) is 0 Å². The average molecular weight is 127 g/mol. The Kier molecular flexibility index (Phi) is 2.82. The van der Waals surface area contributed by atoms with Crippen LogP contribution in [0.15, 0.2) is 0 Å². The molecule has 0 bridgehead atoms. The second kappa shape index (κ2) is 2.91. The van der Waals surface area contributed by atoms with Crippen LogP contribution in [0.3, 0.4) is 0 Å². The highest BCUT2D eigenvalue weighted by Crippen LogP contribution is 2.15. The summed E-state index contributed by atoms with van der Waals surface area (Å²) in [6, 6.07) is 0. The predicted octanol–water partition coefficient (Wildman–Crippen LogP) is 0.940. The Bertz CT molecular complexity index is 64.3. The van der Waals surface area contributed by atoms with E-state index in [2.05, 4.69) is 5.73 Å². The Morgan fingerprint density at radius 3 is 2.00 bits per heavy atom. The molecule has 0 unspecified atom stereocenters. The molecule has 2 N–H and O–H groups in total. The summed E-state index contributed by atoms with van der Waals surface area (Å²) in [5.41, 5.74) is 4.58. The lowest BCUT2D eigenvalue weighted by molar-refractivity contribution is -0.00345. The van der Waals surface area contributed by atoms with Crippen LogP contribution in [-0.2, 0) is 0 Å². The molecule has 0 spiro atoms. The van der Waals surface area contributed by atoms with Crippen LogP contribution in [0.2, 0.25) is 0 Å². The minimum absolute atomic E-state index is 0.760. The van der Waals surface area contributed by atoms with Crippen LogP contribution in [0.25, 0.3) is 0 Å². The third-order valence-electron chi connectivity index (χ3n) is 0.759. The van der Waals surface area contributed by atoms with Gasteiger partial charge in [-0.05, 0) is 0 Å². The maximum absolute atomic E-state index is 11.8. The molecule has 0 aromatic carbocycles. The summed E-state index contributed by atoms with van der Waals surface area (Å²) in [5.74, 6) is -3.01. The zero-order valence-corrected chi connectivity index (χ0v) is 4.33. The minimum Gasteiger partial charge on any atom is -0.325 e. The van der Waals surface area contributed by atoms with Crippen molar-refractivity contribution >= 4 is 0 Å². The average Bonchev–Trinajstić information content (AvgIpc) is 1.67. The molecule has 0 rings (SSSR count). The van der Waals surface area contributed by atoms with Gasteiger partial charge in [-0.2, -0.15) is 0 Å². The van der Waals surface area contributed by atoms with Crippen molar-refractivity contribution in [3.63, 3.8) is 0 Å². The number of hydrogen-bond acceptors (Lipinski definition) is 1. The van der Waals surface area contributed by atoms with Crippen molar-refractivity contribution < 1.29 is 13.2 Å². The Hall–Kier alpha value is -0.250. The van der Waals surface area contributed by atoms with Gasteiger partial charge < -0.3 is 5.73 Å². The highest BCUT2D eigenvalue weighted by Gasteiger charge is 2.25. The van der Waals surface area contributed by atoms with E-state index >= 15 is 0 Å². The van der Waals surface area contributed by atoms with E-state index in [9.17, 15) is 13.2 Å². The molecule has 0 aliphatic rings. The van der Waals surface area contributed by atoms with Crippen molar-refractivity contribution in [1.29, 1.82) is 0 Å². The molecule has 0 saturated heterocycles. The lowest BCUT2D eigenvalue weighted by atomic mass is 10.2. The molecule has 50 valence electrons. The fourth-order valence-corrected chi connectivity index (χ4v) is 0.240. The van der Waals surface area contributed by atoms with Crippen molar-refractivity contribution in [2.75, 3.05) is 13.2 Å². The lowest BCUT2D eigenvalue weighted by Gasteiger charge is -2.09. The molecule has 0 atom stereocenters. The van der Waals surface area contributed by atoms with E-state index in [1.165, 1.54) is 0 Å². The molecular weight excluding hydrogens is 119 g/mol. The maximum Gasteiger partial charge on any atom is 0.262 e. The summed E-state index contributed by atoms with van der Waals surface area (Å²) in [5, 5.41) is 0. The second-order valence-electron chi connectivity index (χ2n) is 1.50. The number of rotatable bonds is 3. The molecule has 0 aromatic rings. The third-order valence-corrected chi connectivity index (χ3v) is 0.759. The molecule has 8 heavy (non-hydrogen) atoms. The molecule has 0 aromatic heterocycles. The van der Waals surface area contributed by atoms with Gasteiger partial charge in [0, 0.05) is 6.42 Å². The van der Waals surface area contributed by atoms with Crippen molar-refractivity contribution in [3.8, 4) is 0 Å². The van der Waals surface area contributed by atoms with Crippen LogP contribution < -0.4 is 5.73 Å². The van der Waals surface area contributed by atoms with E-state index in [1.807, 2.05) is 0 Å². The van der Waals surface area contributed by atoms with Crippen LogP contribution in [-0.4, -0.2) is 19.1 Å². The zero-order valence-electron chi connectivity index (χ0n) is 4.33. The van der Waals surface area contributed by atoms with Gasteiger partial charge in [-0.3, -0.25) is 4.39 Å². The van der Waals surface area contributed by atoms with E-state index in [4.69, 9.17) is 0 Å². The topological polar surface area (TPSA) is 26.0 Å². The molecule has 0 saturated carbocycles. The summed E-state index contributed by atoms with van der Waals surface area (Å²) in [4.78, 5) is 0. The summed E-state index contributed by atoms with van der Waals surface area (Å²) >= 11 is 0. The number of alkyl halides is 3. The maximum atomic E-state index is 11.8. The summed E-state index contributed by atoms with van der Waals surface area (Å²) in [6.45, 7) is -1.78. The van der Waals surface area contributed by atoms with E-state index in [1.54, 1.807) is 0 Å². The van der Waals surface area contributed by atoms with Crippen molar-refractivity contribution in [2.24, 2.45) is 5.73 Å². The Balaban J connectivity index is 3.37. The molecule has 0 aliphatic carbocycles. The largest absolute Gasteiger partial charge is 0.325 e. The monoisotopic (exact) mass is 127 g/mol. The van der Waals surface area contributed by atoms with Crippen LogP contribution >= 0.6 is 0 Å². The first-order chi connectivity index (χ1) is 3.62. The fraction of sp³-hybridized carbons (Fsp3) is 1.00. The van der Waals surface area contributed by atoms with Gasteiger partial charge in [-0.1, -0.05) is 0 Å². The summed E-state index contributed by atoms with van der Waals surface area (Å²) in [7, 11) is 0. The van der Waals surface area contributed by atoms with Crippen molar-refractivity contribution in [1.82, 2.24) is 0 Å². The van der Waals surface area contributed by atoms with Crippen LogP contribution in [0.1, 0.15) is 6.42 Å². The summed E-state index contributed by atoms with van der Waals surface area (Å²) in [6.07, 6.45) is -0.760. The molecule has 0 aliphatic heterocycles. The first-order valence-electron chi connectivity index (χ1n) is 2.26. The van der Waals surface area contributed by atoms with Crippen molar-refractivity contribution in [2.45, 2.75) is 12.3 Å². The lowest BCUT2D eigenvalue weighted by Crippen LogP contribution is -2.27. The molecule has 0 fully saturated rings. The van der Waals surface area contributed by atoms with Crippen LogP contribution in [0, 0.1) is 0 Å². The highest BCUT2D eigenvalue weighted by molar-refractivity contribution is 4.64. The van der Waals surface area contributed by atoms with Gasteiger partial charge in [0.2, 0.25) is 0 Å². The Morgan fingerprint density at radius 2 is 1.88 bits per heavy atom. The van der Waals surface area contributed by atoms with E-state index in [-0.39, 0.29) is 0 Å². The van der Waals surface area contributed by atoms with Crippen LogP contribution in [0.4, 0.5) is 13.2 Å². The van der Waals surface area contributed by atoms with Gasteiger partial charge in [0.25, 0.3) is 5.92 Å². The Labute approximate surface area is 45.7 Å². The van der Waals surface area contributed by atoms with Gasteiger partial charge >= 0.3 is 0 Å². The van der Waals surface area contributed by atoms with Gasteiger partial charge in [-0.15, -0.1) is 0 Å². The number of nitrogens with two attached hydrogens (primary N) is 1. The van der Waals surface area contributed by atoms with E-state index < -0.39 is 25.6 Å². The quantitative estimate of drug-likeness (QED) is 0.599. The van der Waals surface area contributed by atoms with Gasteiger partial charge in [0.05, 0.1) is 13.2 Å². The third kappa shape index (κ3) is 2.85.